The van der Waals surface area contributed by atoms with Crippen LogP contribution in [-0.4, -0.2) is 30.6 Å². The predicted octanol–water partition coefficient (Wildman–Crippen LogP) is 3.98. The van der Waals surface area contributed by atoms with Crippen LogP contribution in [0.2, 0.25) is 0 Å². The number of ether oxygens (including phenoxy) is 2. The van der Waals surface area contributed by atoms with Crippen molar-refractivity contribution in [2.24, 2.45) is 0 Å². The number of nitrogens with zero attached hydrogens (tertiary/aromatic N) is 1. The van der Waals surface area contributed by atoms with E-state index in [1.807, 2.05) is 45.0 Å². The number of aryl methyl sites for hydroxylation is 1. The van der Waals surface area contributed by atoms with E-state index in [1.54, 1.807) is 24.1 Å². The molecule has 1 aromatic carbocycles. The fourth-order valence-corrected chi connectivity index (χ4v) is 3.04. The second-order valence-electron chi connectivity index (χ2n) is 6.60. The summed E-state index contributed by atoms with van der Waals surface area (Å²) in [6.07, 6.45) is 4.38. The lowest BCUT2D eigenvalue weighted by molar-refractivity contribution is -0.125. The maximum atomic E-state index is 12.4. The SMILES string of the molecule is CCOc1cc2c(cc1/C=C/C(=O)N(C)Cc1ccc(C)o1)OC(C)C2. The van der Waals surface area contributed by atoms with Gasteiger partial charge in [0.25, 0.3) is 0 Å². The molecule has 5 heteroatoms. The van der Waals surface area contributed by atoms with Crippen molar-refractivity contribution in [3.8, 4) is 11.5 Å². The smallest absolute Gasteiger partial charge is 0.246 e. The van der Waals surface area contributed by atoms with Gasteiger partial charge in [0.2, 0.25) is 5.91 Å². The first kappa shape index (κ1) is 18.1. The number of hydrogen-bond acceptors (Lipinski definition) is 4. The van der Waals surface area contributed by atoms with Crippen LogP contribution < -0.4 is 9.47 Å². The lowest BCUT2D eigenvalue weighted by atomic mass is 10.1. The van der Waals surface area contributed by atoms with E-state index in [4.69, 9.17) is 13.9 Å². The number of carbonyl (C=O) groups is 1. The minimum atomic E-state index is -0.101. The molecule has 1 aliphatic rings. The summed E-state index contributed by atoms with van der Waals surface area (Å²) in [5.41, 5.74) is 1.99. The maximum Gasteiger partial charge on any atom is 0.246 e. The van der Waals surface area contributed by atoms with Gasteiger partial charge in [0.05, 0.1) is 13.2 Å². The third kappa shape index (κ3) is 4.10. The molecule has 0 N–H and O–H groups in total. The van der Waals surface area contributed by atoms with Crippen LogP contribution in [0.5, 0.6) is 11.5 Å². The number of amides is 1. The van der Waals surface area contributed by atoms with Crippen LogP contribution in [0.15, 0.2) is 34.8 Å². The lowest BCUT2D eigenvalue weighted by Gasteiger charge is -2.14. The van der Waals surface area contributed by atoms with E-state index >= 15 is 0 Å². The van der Waals surface area contributed by atoms with Crippen molar-refractivity contribution in [1.82, 2.24) is 4.90 Å². The summed E-state index contributed by atoms with van der Waals surface area (Å²) in [6.45, 7) is 6.88. The number of likely N-dealkylation sites (N-methyl/N-ethyl adjacent to an activating group) is 1. The van der Waals surface area contributed by atoms with Crippen LogP contribution in [0.25, 0.3) is 6.08 Å². The Morgan fingerprint density at radius 1 is 1.38 bits per heavy atom. The number of carbonyl (C=O) groups excluding carboxylic acids is 1. The summed E-state index contributed by atoms with van der Waals surface area (Å²) in [5.74, 6) is 3.15. The molecule has 1 unspecified atom stereocenters. The van der Waals surface area contributed by atoms with Crippen molar-refractivity contribution in [3.05, 3.63) is 53.0 Å². The quantitative estimate of drug-likeness (QED) is 0.736. The molecule has 0 bridgehead atoms. The Bertz CT molecular complexity index is 821. The van der Waals surface area contributed by atoms with Crippen LogP contribution in [-0.2, 0) is 17.8 Å². The van der Waals surface area contributed by atoms with Crippen LogP contribution in [0.3, 0.4) is 0 Å². The van der Waals surface area contributed by atoms with Gasteiger partial charge < -0.3 is 18.8 Å². The number of hydrogen-bond donors (Lipinski definition) is 0. The first-order valence-electron chi connectivity index (χ1n) is 8.91. The largest absolute Gasteiger partial charge is 0.493 e. The Balaban J connectivity index is 1.74. The Labute approximate surface area is 154 Å². The van der Waals surface area contributed by atoms with Gasteiger partial charge in [-0.15, -0.1) is 0 Å². The fourth-order valence-electron chi connectivity index (χ4n) is 3.04. The fraction of sp³-hybridized carbons (Fsp3) is 0.381. The summed E-state index contributed by atoms with van der Waals surface area (Å²) < 4.78 is 17.1. The van der Waals surface area contributed by atoms with Gasteiger partial charge in [0.15, 0.2) is 0 Å². The first-order chi connectivity index (χ1) is 12.5. The zero-order valence-corrected chi connectivity index (χ0v) is 15.7. The van der Waals surface area contributed by atoms with Crippen molar-refractivity contribution < 1.29 is 18.7 Å². The Kier molecular flexibility index (Phi) is 5.35. The van der Waals surface area contributed by atoms with Crippen LogP contribution in [0.4, 0.5) is 0 Å². The number of rotatable bonds is 6. The highest BCUT2D eigenvalue weighted by molar-refractivity contribution is 5.92. The van der Waals surface area contributed by atoms with Crippen LogP contribution in [0, 0.1) is 6.92 Å². The highest BCUT2D eigenvalue weighted by Crippen LogP contribution is 2.35. The maximum absolute atomic E-state index is 12.4. The molecule has 1 aliphatic heterocycles. The third-order valence-electron chi connectivity index (χ3n) is 4.30. The van der Waals surface area contributed by atoms with E-state index < -0.39 is 0 Å². The van der Waals surface area contributed by atoms with Gasteiger partial charge in [-0.3, -0.25) is 4.79 Å². The molecule has 0 radical (unpaired) electrons. The third-order valence-corrected chi connectivity index (χ3v) is 4.30. The molecule has 0 fully saturated rings. The normalized spacial score (nSPS) is 15.8. The average Bonchev–Trinajstić information content (AvgIpc) is 3.16. The molecule has 0 aliphatic carbocycles. The van der Waals surface area contributed by atoms with Gasteiger partial charge in [0.1, 0.15) is 29.1 Å². The zero-order valence-electron chi connectivity index (χ0n) is 15.7. The molecular weight excluding hydrogens is 330 g/mol. The summed E-state index contributed by atoms with van der Waals surface area (Å²) in [5, 5.41) is 0. The zero-order chi connectivity index (χ0) is 18.7. The van der Waals surface area contributed by atoms with E-state index in [0.29, 0.717) is 13.2 Å². The summed E-state index contributed by atoms with van der Waals surface area (Å²) >= 11 is 0. The molecule has 0 spiro atoms. The van der Waals surface area contributed by atoms with Gasteiger partial charge in [-0.2, -0.15) is 0 Å². The Hall–Kier alpha value is -2.69. The molecule has 0 saturated carbocycles. The van der Waals surface area contributed by atoms with Crippen LogP contribution in [0.1, 0.15) is 36.5 Å². The van der Waals surface area contributed by atoms with E-state index in [1.165, 1.54) is 0 Å². The standard InChI is InChI=1S/C21H25NO4/c1-5-24-19-12-17-10-15(3)26-20(17)11-16(19)7-9-21(23)22(4)13-18-8-6-14(2)25-18/h6-9,11-12,15H,5,10,13H2,1-4H3/b9-7+. The Morgan fingerprint density at radius 2 is 2.19 bits per heavy atom. The molecule has 1 aromatic heterocycles. The second kappa shape index (κ2) is 7.68. The van der Waals surface area contributed by atoms with E-state index in [2.05, 4.69) is 0 Å². The van der Waals surface area contributed by atoms with E-state index in [0.717, 1.165) is 40.6 Å². The van der Waals surface area contributed by atoms with Gasteiger partial charge in [0, 0.05) is 30.7 Å². The van der Waals surface area contributed by atoms with Gasteiger partial charge >= 0.3 is 0 Å². The van der Waals surface area contributed by atoms with Crippen molar-refractivity contribution in [3.63, 3.8) is 0 Å². The van der Waals surface area contributed by atoms with Gasteiger partial charge in [-0.1, -0.05) is 0 Å². The van der Waals surface area contributed by atoms with Gasteiger partial charge in [-0.25, -0.2) is 0 Å². The monoisotopic (exact) mass is 355 g/mol. The molecule has 2 heterocycles. The van der Waals surface area contributed by atoms with E-state index in [-0.39, 0.29) is 12.0 Å². The minimum absolute atomic E-state index is 0.101. The summed E-state index contributed by atoms with van der Waals surface area (Å²) in [6, 6.07) is 7.74. The number of benzene rings is 1. The van der Waals surface area contributed by atoms with Crippen molar-refractivity contribution in [2.75, 3.05) is 13.7 Å². The van der Waals surface area contributed by atoms with Gasteiger partial charge in [-0.05, 0) is 51.1 Å². The molecule has 3 rings (SSSR count). The average molecular weight is 355 g/mol. The molecule has 26 heavy (non-hydrogen) atoms. The van der Waals surface area contributed by atoms with Crippen molar-refractivity contribution >= 4 is 12.0 Å². The highest BCUT2D eigenvalue weighted by atomic mass is 16.5. The molecule has 138 valence electrons. The Morgan fingerprint density at radius 3 is 2.88 bits per heavy atom. The highest BCUT2D eigenvalue weighted by Gasteiger charge is 2.21. The number of furan rings is 1. The lowest BCUT2D eigenvalue weighted by Crippen LogP contribution is -2.23. The summed E-state index contributed by atoms with van der Waals surface area (Å²) in [7, 11) is 1.75. The molecule has 5 nitrogen and oxygen atoms in total. The minimum Gasteiger partial charge on any atom is -0.493 e. The summed E-state index contributed by atoms with van der Waals surface area (Å²) in [4.78, 5) is 14.0. The molecule has 1 atom stereocenters. The molecular formula is C21H25NO4. The number of fused-ring (bicyclic) bond motifs is 1. The second-order valence-corrected chi connectivity index (χ2v) is 6.60. The van der Waals surface area contributed by atoms with Crippen LogP contribution >= 0.6 is 0 Å². The topological polar surface area (TPSA) is 51.9 Å². The van der Waals surface area contributed by atoms with Crippen molar-refractivity contribution in [2.45, 2.75) is 39.8 Å². The molecule has 1 amide bonds. The molecule has 0 saturated heterocycles. The van der Waals surface area contributed by atoms with Crippen molar-refractivity contribution in [1.29, 1.82) is 0 Å². The van der Waals surface area contributed by atoms with E-state index in [9.17, 15) is 4.79 Å². The first-order valence-corrected chi connectivity index (χ1v) is 8.91. The predicted molar refractivity (Wildman–Crippen MR) is 100 cm³/mol. The molecule has 2 aromatic rings.